The van der Waals surface area contributed by atoms with Gasteiger partial charge in [-0.2, -0.15) is 0 Å². The molecule has 0 bridgehead atoms. The van der Waals surface area contributed by atoms with E-state index < -0.39 is 5.97 Å². The fourth-order valence-corrected chi connectivity index (χ4v) is 2.04. The van der Waals surface area contributed by atoms with Crippen LogP contribution in [0.2, 0.25) is 0 Å². The van der Waals surface area contributed by atoms with Gasteiger partial charge in [0.1, 0.15) is 19.0 Å². The second-order valence-corrected chi connectivity index (χ2v) is 5.08. The summed E-state index contributed by atoms with van der Waals surface area (Å²) in [4.78, 5) is 10.9. The lowest BCUT2D eigenvalue weighted by Gasteiger charge is -2.14. The first-order chi connectivity index (χ1) is 10.1. The van der Waals surface area contributed by atoms with Crippen molar-refractivity contribution in [2.24, 2.45) is 5.73 Å². The molecule has 0 saturated carbocycles. The lowest BCUT2D eigenvalue weighted by atomic mass is 10.1. The highest BCUT2D eigenvalue weighted by Gasteiger charge is 2.11. The Kier molecular flexibility index (Phi) is 8.29. The maximum Gasteiger partial charge on any atom is 0.331 e. The molecule has 0 amide bonds. The van der Waals surface area contributed by atoms with Crippen LogP contribution in [0, 0.1) is 0 Å². The van der Waals surface area contributed by atoms with E-state index in [0.29, 0.717) is 13.2 Å². The van der Waals surface area contributed by atoms with E-state index in [2.05, 4.69) is 20.7 Å². The molecule has 0 aliphatic carbocycles. The van der Waals surface area contributed by atoms with Crippen LogP contribution in [-0.4, -0.2) is 46.6 Å². The van der Waals surface area contributed by atoms with Crippen LogP contribution in [0.4, 0.5) is 0 Å². The molecule has 1 rings (SSSR count). The number of benzene rings is 1. The number of hydrogen-bond acceptors (Lipinski definition) is 6. The van der Waals surface area contributed by atoms with Crippen LogP contribution >= 0.6 is 15.9 Å². The van der Waals surface area contributed by atoms with Crippen molar-refractivity contribution < 1.29 is 23.7 Å². The normalized spacial score (nSPS) is 12.0. The molecule has 0 spiro atoms. The van der Waals surface area contributed by atoms with Crippen LogP contribution in [0.15, 0.2) is 22.7 Å². The monoisotopic (exact) mass is 361 g/mol. The van der Waals surface area contributed by atoms with Crippen molar-refractivity contribution in [2.45, 2.75) is 6.04 Å². The van der Waals surface area contributed by atoms with E-state index in [-0.39, 0.29) is 19.3 Å². The van der Waals surface area contributed by atoms with Crippen molar-refractivity contribution in [3.05, 3.63) is 28.2 Å². The van der Waals surface area contributed by atoms with Crippen LogP contribution in [0.25, 0.3) is 0 Å². The first-order valence-electron chi connectivity index (χ1n) is 6.39. The summed E-state index contributed by atoms with van der Waals surface area (Å²) in [6.45, 7) is 1.12. The average molecular weight is 362 g/mol. The van der Waals surface area contributed by atoms with Gasteiger partial charge < -0.3 is 24.7 Å². The van der Waals surface area contributed by atoms with Crippen molar-refractivity contribution in [2.75, 3.05) is 40.6 Å². The van der Waals surface area contributed by atoms with Crippen LogP contribution in [0.1, 0.15) is 11.6 Å². The third kappa shape index (κ3) is 6.43. The minimum absolute atomic E-state index is 0.108. The third-order valence-electron chi connectivity index (χ3n) is 2.67. The van der Waals surface area contributed by atoms with Crippen molar-refractivity contribution in [1.29, 1.82) is 0 Å². The summed E-state index contributed by atoms with van der Waals surface area (Å²) in [6.07, 6.45) is 0. The SMILES string of the molecule is COCCOc1ccc(C(N)COCC(=O)OC)cc1Br. The Morgan fingerprint density at radius 3 is 2.71 bits per heavy atom. The van der Waals surface area contributed by atoms with E-state index in [4.69, 9.17) is 19.9 Å². The molecule has 0 aliphatic heterocycles. The Morgan fingerprint density at radius 2 is 2.10 bits per heavy atom. The molecule has 0 heterocycles. The summed E-state index contributed by atoms with van der Waals surface area (Å²) < 4.78 is 20.9. The van der Waals surface area contributed by atoms with Crippen LogP contribution in [0.5, 0.6) is 5.75 Å². The highest BCUT2D eigenvalue weighted by molar-refractivity contribution is 9.10. The van der Waals surface area contributed by atoms with Crippen molar-refractivity contribution in [3.8, 4) is 5.75 Å². The zero-order valence-corrected chi connectivity index (χ0v) is 13.7. The fraction of sp³-hybridized carbons (Fsp3) is 0.500. The molecule has 1 aromatic carbocycles. The average Bonchev–Trinajstić information content (AvgIpc) is 2.48. The van der Waals surface area contributed by atoms with Gasteiger partial charge >= 0.3 is 5.97 Å². The number of carbonyl (C=O) groups is 1. The largest absolute Gasteiger partial charge is 0.490 e. The number of hydrogen-bond donors (Lipinski definition) is 1. The van der Waals surface area contributed by atoms with E-state index in [1.54, 1.807) is 7.11 Å². The maximum atomic E-state index is 10.9. The molecule has 1 atom stereocenters. The summed E-state index contributed by atoms with van der Waals surface area (Å²) in [7, 11) is 2.93. The molecule has 0 radical (unpaired) electrons. The van der Waals surface area contributed by atoms with Gasteiger partial charge in [0.2, 0.25) is 0 Å². The van der Waals surface area contributed by atoms with Gasteiger partial charge in [0.25, 0.3) is 0 Å². The van der Waals surface area contributed by atoms with E-state index in [0.717, 1.165) is 15.8 Å². The molecule has 0 fully saturated rings. The predicted octanol–water partition coefficient (Wildman–Crippen LogP) is 1.66. The minimum Gasteiger partial charge on any atom is -0.490 e. The molecular formula is C14H20BrNO5. The number of carbonyl (C=O) groups excluding carboxylic acids is 1. The van der Waals surface area contributed by atoms with E-state index >= 15 is 0 Å². The summed E-state index contributed by atoms with van der Waals surface area (Å²) in [5, 5.41) is 0. The Morgan fingerprint density at radius 1 is 1.33 bits per heavy atom. The molecular weight excluding hydrogens is 342 g/mol. The van der Waals surface area contributed by atoms with Gasteiger partial charge in [-0.05, 0) is 33.6 Å². The van der Waals surface area contributed by atoms with Gasteiger partial charge in [-0.15, -0.1) is 0 Å². The first kappa shape index (κ1) is 17.9. The number of esters is 1. The number of rotatable bonds is 9. The minimum atomic E-state index is -0.426. The van der Waals surface area contributed by atoms with E-state index in [1.807, 2.05) is 18.2 Å². The molecule has 1 unspecified atom stereocenters. The quantitative estimate of drug-likeness (QED) is 0.532. The lowest BCUT2D eigenvalue weighted by Crippen LogP contribution is -2.20. The van der Waals surface area contributed by atoms with Crippen molar-refractivity contribution in [3.63, 3.8) is 0 Å². The Labute approximate surface area is 132 Å². The van der Waals surface area contributed by atoms with Crippen LogP contribution in [0.3, 0.4) is 0 Å². The second kappa shape index (κ2) is 9.73. The zero-order valence-electron chi connectivity index (χ0n) is 12.1. The van der Waals surface area contributed by atoms with Gasteiger partial charge in [-0.3, -0.25) is 0 Å². The van der Waals surface area contributed by atoms with Gasteiger partial charge in [0.15, 0.2) is 0 Å². The summed E-state index contributed by atoms with van der Waals surface area (Å²) >= 11 is 3.43. The first-order valence-corrected chi connectivity index (χ1v) is 7.19. The molecule has 21 heavy (non-hydrogen) atoms. The number of nitrogens with two attached hydrogens (primary N) is 1. The number of methoxy groups -OCH3 is 2. The number of ether oxygens (including phenoxy) is 4. The van der Waals surface area contributed by atoms with E-state index in [9.17, 15) is 4.79 Å². The molecule has 7 heteroatoms. The number of halogens is 1. The molecule has 0 aliphatic rings. The van der Waals surface area contributed by atoms with Crippen LogP contribution < -0.4 is 10.5 Å². The summed E-state index contributed by atoms with van der Waals surface area (Å²) in [5.41, 5.74) is 6.88. The van der Waals surface area contributed by atoms with Crippen LogP contribution in [-0.2, 0) is 19.0 Å². The Hall–Kier alpha value is -1.15. The van der Waals surface area contributed by atoms with Crippen molar-refractivity contribution >= 4 is 21.9 Å². The molecule has 2 N–H and O–H groups in total. The predicted molar refractivity (Wildman–Crippen MR) is 81.3 cm³/mol. The van der Waals surface area contributed by atoms with Gasteiger partial charge in [0.05, 0.1) is 30.8 Å². The zero-order chi connectivity index (χ0) is 15.7. The smallest absolute Gasteiger partial charge is 0.331 e. The fourth-order valence-electron chi connectivity index (χ4n) is 1.52. The summed E-state index contributed by atoms with van der Waals surface area (Å²) in [5.74, 6) is 0.295. The van der Waals surface area contributed by atoms with Crippen molar-refractivity contribution in [1.82, 2.24) is 0 Å². The van der Waals surface area contributed by atoms with Gasteiger partial charge in [-0.1, -0.05) is 6.07 Å². The molecule has 1 aromatic rings. The van der Waals surface area contributed by atoms with Gasteiger partial charge in [-0.25, -0.2) is 4.79 Å². The standard InChI is InChI=1S/C14H20BrNO5/c1-18-5-6-21-13-4-3-10(7-11(13)15)12(16)8-20-9-14(17)19-2/h3-4,7,12H,5-6,8-9,16H2,1-2H3. The third-order valence-corrected chi connectivity index (χ3v) is 3.29. The Bertz CT molecular complexity index is 455. The molecule has 0 aromatic heterocycles. The highest BCUT2D eigenvalue weighted by atomic mass is 79.9. The Balaban J connectivity index is 2.51. The maximum absolute atomic E-state index is 10.9. The molecule has 0 saturated heterocycles. The molecule has 118 valence electrons. The van der Waals surface area contributed by atoms with E-state index in [1.165, 1.54) is 7.11 Å². The van der Waals surface area contributed by atoms with Gasteiger partial charge in [0, 0.05) is 7.11 Å². The molecule has 6 nitrogen and oxygen atoms in total. The summed E-state index contributed by atoms with van der Waals surface area (Å²) in [6, 6.07) is 5.22. The highest BCUT2D eigenvalue weighted by Crippen LogP contribution is 2.28. The second-order valence-electron chi connectivity index (χ2n) is 4.23. The topological polar surface area (TPSA) is 80.0 Å². The lowest BCUT2D eigenvalue weighted by molar-refractivity contribution is -0.146.